The third kappa shape index (κ3) is 2.29. The molecular weight excluding hydrogens is 174 g/mol. The molecule has 1 aliphatic heterocycles. The molecule has 1 aromatic heterocycles. The number of hydrogen-bond acceptors (Lipinski definition) is 3. The van der Waals surface area contributed by atoms with Gasteiger partial charge in [0.05, 0.1) is 5.69 Å². The first-order chi connectivity index (χ1) is 6.88. The van der Waals surface area contributed by atoms with E-state index in [1.807, 2.05) is 12.1 Å². The molecule has 0 aliphatic carbocycles. The lowest BCUT2D eigenvalue weighted by molar-refractivity contribution is 0.310. The minimum atomic E-state index is 0.895. The van der Waals surface area contributed by atoms with Crippen molar-refractivity contribution in [3.63, 3.8) is 0 Å². The van der Waals surface area contributed by atoms with Crippen LogP contribution in [0.5, 0.6) is 0 Å². The Balaban J connectivity index is 1.88. The van der Waals surface area contributed by atoms with Crippen molar-refractivity contribution in [2.45, 2.75) is 26.3 Å². The van der Waals surface area contributed by atoms with Gasteiger partial charge in [-0.1, -0.05) is 13.3 Å². The van der Waals surface area contributed by atoms with Crippen molar-refractivity contribution in [2.75, 3.05) is 13.1 Å². The second kappa shape index (κ2) is 4.51. The van der Waals surface area contributed by atoms with Crippen molar-refractivity contribution in [3.05, 3.63) is 24.0 Å². The lowest BCUT2D eigenvalue weighted by Crippen LogP contribution is -2.20. The summed E-state index contributed by atoms with van der Waals surface area (Å²) in [4.78, 5) is 2.47. The summed E-state index contributed by atoms with van der Waals surface area (Å²) in [5.74, 6) is 0.895. The fourth-order valence-corrected chi connectivity index (χ4v) is 2.04. The van der Waals surface area contributed by atoms with Gasteiger partial charge in [-0.05, 0) is 31.0 Å². The normalized spacial score (nSPS) is 22.8. The lowest BCUT2D eigenvalue weighted by atomic mass is 10.1. The fourth-order valence-electron chi connectivity index (χ4n) is 2.04. The SMILES string of the molecule is CCC1CCN(Cc2cccnn2)C1. The Morgan fingerprint density at radius 2 is 2.50 bits per heavy atom. The van der Waals surface area contributed by atoms with Gasteiger partial charge in [0.1, 0.15) is 0 Å². The van der Waals surface area contributed by atoms with E-state index < -0.39 is 0 Å². The average molecular weight is 191 g/mol. The summed E-state index contributed by atoms with van der Waals surface area (Å²) in [5.41, 5.74) is 1.09. The van der Waals surface area contributed by atoms with Crippen molar-refractivity contribution in [1.29, 1.82) is 0 Å². The van der Waals surface area contributed by atoms with Crippen LogP contribution in [0, 0.1) is 5.92 Å². The van der Waals surface area contributed by atoms with Crippen molar-refractivity contribution in [2.24, 2.45) is 5.92 Å². The Morgan fingerprint density at radius 3 is 3.14 bits per heavy atom. The molecule has 1 aromatic rings. The van der Waals surface area contributed by atoms with E-state index in [9.17, 15) is 0 Å². The van der Waals surface area contributed by atoms with E-state index in [1.165, 1.54) is 25.9 Å². The molecule has 0 N–H and O–H groups in total. The van der Waals surface area contributed by atoms with Crippen LogP contribution in [0.4, 0.5) is 0 Å². The molecule has 2 heterocycles. The predicted octanol–water partition coefficient (Wildman–Crippen LogP) is 1.71. The van der Waals surface area contributed by atoms with Crippen molar-refractivity contribution in [3.8, 4) is 0 Å². The van der Waals surface area contributed by atoms with Gasteiger partial charge in [-0.25, -0.2) is 0 Å². The van der Waals surface area contributed by atoms with E-state index in [1.54, 1.807) is 6.20 Å². The van der Waals surface area contributed by atoms with E-state index in [2.05, 4.69) is 22.0 Å². The van der Waals surface area contributed by atoms with Crippen LogP contribution in [0.25, 0.3) is 0 Å². The average Bonchev–Trinajstić information content (AvgIpc) is 2.67. The molecule has 14 heavy (non-hydrogen) atoms. The largest absolute Gasteiger partial charge is 0.297 e. The number of likely N-dealkylation sites (tertiary alicyclic amines) is 1. The Morgan fingerprint density at radius 1 is 1.57 bits per heavy atom. The maximum absolute atomic E-state index is 4.10. The Bertz CT molecular complexity index is 273. The minimum Gasteiger partial charge on any atom is -0.297 e. The van der Waals surface area contributed by atoms with E-state index in [4.69, 9.17) is 0 Å². The van der Waals surface area contributed by atoms with Gasteiger partial charge in [0.25, 0.3) is 0 Å². The van der Waals surface area contributed by atoms with Crippen LogP contribution in [0.15, 0.2) is 18.3 Å². The van der Waals surface area contributed by atoms with Gasteiger partial charge < -0.3 is 0 Å². The van der Waals surface area contributed by atoms with Crippen molar-refractivity contribution in [1.82, 2.24) is 15.1 Å². The third-order valence-electron chi connectivity index (χ3n) is 2.96. The lowest BCUT2D eigenvalue weighted by Gasteiger charge is -2.14. The van der Waals surface area contributed by atoms with Gasteiger partial charge in [0, 0.05) is 19.3 Å². The topological polar surface area (TPSA) is 29.0 Å². The van der Waals surface area contributed by atoms with Crippen molar-refractivity contribution < 1.29 is 0 Å². The smallest absolute Gasteiger partial charge is 0.0771 e. The van der Waals surface area contributed by atoms with Crippen LogP contribution in [-0.4, -0.2) is 28.2 Å². The van der Waals surface area contributed by atoms with Crippen LogP contribution in [0.1, 0.15) is 25.5 Å². The zero-order chi connectivity index (χ0) is 9.80. The summed E-state index contributed by atoms with van der Waals surface area (Å²) in [6.07, 6.45) is 4.37. The molecule has 2 rings (SSSR count). The molecule has 3 nitrogen and oxygen atoms in total. The Hall–Kier alpha value is -0.960. The van der Waals surface area contributed by atoms with Gasteiger partial charge in [-0.15, -0.1) is 0 Å². The van der Waals surface area contributed by atoms with Gasteiger partial charge in [-0.2, -0.15) is 10.2 Å². The van der Waals surface area contributed by atoms with E-state index in [0.717, 1.165) is 18.2 Å². The first-order valence-corrected chi connectivity index (χ1v) is 5.37. The number of rotatable bonds is 3. The second-order valence-electron chi connectivity index (χ2n) is 4.01. The summed E-state index contributed by atoms with van der Waals surface area (Å²) in [6, 6.07) is 4.00. The Kier molecular flexibility index (Phi) is 3.09. The highest BCUT2D eigenvalue weighted by atomic mass is 15.2. The van der Waals surface area contributed by atoms with Gasteiger partial charge in [0.2, 0.25) is 0 Å². The monoisotopic (exact) mass is 191 g/mol. The van der Waals surface area contributed by atoms with E-state index >= 15 is 0 Å². The maximum Gasteiger partial charge on any atom is 0.0771 e. The van der Waals surface area contributed by atoms with Crippen LogP contribution < -0.4 is 0 Å². The first-order valence-electron chi connectivity index (χ1n) is 5.37. The standard InChI is InChI=1S/C11H17N3/c1-2-10-5-7-14(8-10)9-11-4-3-6-12-13-11/h3-4,6,10H,2,5,7-9H2,1H3. The molecule has 0 radical (unpaired) electrons. The van der Waals surface area contributed by atoms with Crippen molar-refractivity contribution >= 4 is 0 Å². The highest BCUT2D eigenvalue weighted by molar-refractivity contribution is 4.99. The molecule has 3 heteroatoms. The van der Waals surface area contributed by atoms with Crippen LogP contribution >= 0.6 is 0 Å². The number of hydrogen-bond donors (Lipinski definition) is 0. The molecule has 76 valence electrons. The van der Waals surface area contributed by atoms with Crippen LogP contribution in [-0.2, 0) is 6.54 Å². The predicted molar refractivity (Wildman–Crippen MR) is 55.7 cm³/mol. The number of nitrogens with zero attached hydrogens (tertiary/aromatic N) is 3. The summed E-state index contributed by atoms with van der Waals surface area (Å²) in [5, 5.41) is 7.99. The van der Waals surface area contributed by atoms with Crippen LogP contribution in [0.2, 0.25) is 0 Å². The van der Waals surface area contributed by atoms with Gasteiger partial charge >= 0.3 is 0 Å². The summed E-state index contributed by atoms with van der Waals surface area (Å²) in [7, 11) is 0. The molecule has 1 unspecified atom stereocenters. The second-order valence-corrected chi connectivity index (χ2v) is 4.01. The molecule has 1 fully saturated rings. The summed E-state index contributed by atoms with van der Waals surface area (Å²) >= 11 is 0. The third-order valence-corrected chi connectivity index (χ3v) is 2.96. The Labute approximate surface area is 85.1 Å². The highest BCUT2D eigenvalue weighted by Crippen LogP contribution is 2.20. The van der Waals surface area contributed by atoms with E-state index in [-0.39, 0.29) is 0 Å². The van der Waals surface area contributed by atoms with E-state index in [0.29, 0.717) is 0 Å². The molecule has 1 atom stereocenters. The molecule has 0 saturated carbocycles. The molecule has 0 spiro atoms. The molecule has 0 aromatic carbocycles. The quantitative estimate of drug-likeness (QED) is 0.728. The summed E-state index contributed by atoms with van der Waals surface area (Å²) < 4.78 is 0. The van der Waals surface area contributed by atoms with Gasteiger partial charge in [0.15, 0.2) is 0 Å². The fraction of sp³-hybridized carbons (Fsp3) is 0.636. The highest BCUT2D eigenvalue weighted by Gasteiger charge is 2.20. The molecule has 1 saturated heterocycles. The molecule has 0 amide bonds. The molecular formula is C11H17N3. The summed E-state index contributed by atoms with van der Waals surface area (Å²) in [6.45, 7) is 5.68. The zero-order valence-corrected chi connectivity index (χ0v) is 8.69. The van der Waals surface area contributed by atoms with Gasteiger partial charge in [-0.3, -0.25) is 4.90 Å². The molecule has 1 aliphatic rings. The van der Waals surface area contributed by atoms with Crippen LogP contribution in [0.3, 0.4) is 0 Å². The number of aromatic nitrogens is 2. The zero-order valence-electron chi connectivity index (χ0n) is 8.69. The maximum atomic E-state index is 4.10. The minimum absolute atomic E-state index is 0.895. The first kappa shape index (κ1) is 9.59. The molecule has 0 bridgehead atoms.